The monoisotopic (exact) mass is 548 g/mol. The van der Waals surface area contributed by atoms with E-state index in [1.165, 1.54) is 17.8 Å². The van der Waals surface area contributed by atoms with E-state index in [-0.39, 0.29) is 55.0 Å². The van der Waals surface area contributed by atoms with Gasteiger partial charge in [0.15, 0.2) is 0 Å². The molecule has 3 heterocycles. The van der Waals surface area contributed by atoms with Crippen molar-refractivity contribution in [3.8, 4) is 11.5 Å². The van der Waals surface area contributed by atoms with Crippen molar-refractivity contribution in [2.45, 2.75) is 25.6 Å². The number of rotatable bonds is 9. The second-order valence-corrected chi connectivity index (χ2v) is 8.64. The fourth-order valence-electron chi connectivity index (χ4n) is 3.85. The lowest BCUT2D eigenvalue weighted by molar-refractivity contribution is -0.141. The molecule has 0 aliphatic rings. The topological polar surface area (TPSA) is 105 Å². The lowest BCUT2D eigenvalue weighted by Crippen LogP contribution is -2.40. The molecule has 0 spiro atoms. The summed E-state index contributed by atoms with van der Waals surface area (Å²) < 4.78 is 51.5. The van der Waals surface area contributed by atoms with E-state index in [9.17, 15) is 27.6 Å². The van der Waals surface area contributed by atoms with Gasteiger partial charge in [-0.2, -0.15) is 13.2 Å². The van der Waals surface area contributed by atoms with Gasteiger partial charge in [0, 0.05) is 30.6 Å². The number of hydrogen-bond donors (Lipinski definition) is 0. The van der Waals surface area contributed by atoms with Crippen molar-refractivity contribution in [3.05, 3.63) is 91.5 Å². The van der Waals surface area contributed by atoms with E-state index in [1.54, 1.807) is 24.3 Å². The standard InChI is InChI=1S/C25H20ClF3N4O5/c1-32-22-21(23(35)33(24(32)36)9-2-10-37-14-34)18(11-15-3-5-16(26)6-4-15)19(13-31-22)38-17-7-8-20(30-12-17)25(27,28)29/h3-8,12-14H,2,9-11H2,1H3. The molecule has 0 amide bonds. The zero-order valence-corrected chi connectivity index (χ0v) is 20.6. The van der Waals surface area contributed by atoms with E-state index >= 15 is 0 Å². The largest absolute Gasteiger partial charge is 0.468 e. The van der Waals surface area contributed by atoms with Crippen molar-refractivity contribution in [1.29, 1.82) is 0 Å². The first-order chi connectivity index (χ1) is 18.1. The molecule has 0 radical (unpaired) electrons. The molecule has 4 aromatic rings. The van der Waals surface area contributed by atoms with Crippen molar-refractivity contribution in [2.24, 2.45) is 7.05 Å². The smallest absolute Gasteiger partial charge is 0.433 e. The van der Waals surface area contributed by atoms with Crippen LogP contribution in [0.3, 0.4) is 0 Å². The summed E-state index contributed by atoms with van der Waals surface area (Å²) >= 11 is 6.00. The second-order valence-electron chi connectivity index (χ2n) is 8.20. The maximum atomic E-state index is 13.6. The van der Waals surface area contributed by atoms with Crippen molar-refractivity contribution < 1.29 is 27.4 Å². The number of benzene rings is 1. The van der Waals surface area contributed by atoms with Crippen LogP contribution in [0.25, 0.3) is 11.0 Å². The summed E-state index contributed by atoms with van der Waals surface area (Å²) in [5, 5.41) is 0.596. The van der Waals surface area contributed by atoms with E-state index in [1.807, 2.05) is 0 Å². The van der Waals surface area contributed by atoms with Crippen LogP contribution in [0.2, 0.25) is 5.02 Å². The summed E-state index contributed by atoms with van der Waals surface area (Å²) in [6, 6.07) is 8.72. The molecule has 0 saturated heterocycles. The predicted octanol–water partition coefficient (Wildman–Crippen LogP) is 4.11. The van der Waals surface area contributed by atoms with Gasteiger partial charge in [-0.15, -0.1) is 0 Å². The van der Waals surface area contributed by atoms with Gasteiger partial charge in [-0.3, -0.25) is 18.7 Å². The molecule has 0 fully saturated rings. The molecule has 0 aliphatic heterocycles. The van der Waals surface area contributed by atoms with Crippen LogP contribution >= 0.6 is 11.6 Å². The first-order valence-electron chi connectivity index (χ1n) is 11.2. The number of carbonyl (C=O) groups is 1. The first-order valence-corrected chi connectivity index (χ1v) is 11.6. The number of nitrogens with zero attached hydrogens (tertiary/aromatic N) is 4. The van der Waals surface area contributed by atoms with E-state index in [2.05, 4.69) is 14.7 Å². The molecule has 198 valence electrons. The summed E-state index contributed by atoms with van der Waals surface area (Å²) in [6.45, 7) is 0.260. The molecule has 0 unspecified atom stereocenters. The Bertz CT molecular complexity index is 1580. The van der Waals surface area contributed by atoms with Crippen LogP contribution in [0.4, 0.5) is 13.2 Å². The number of aryl methyl sites for hydroxylation is 1. The van der Waals surface area contributed by atoms with Gasteiger partial charge in [-0.1, -0.05) is 23.7 Å². The maximum Gasteiger partial charge on any atom is 0.433 e. The van der Waals surface area contributed by atoms with Crippen molar-refractivity contribution in [2.75, 3.05) is 6.61 Å². The number of halogens is 4. The lowest BCUT2D eigenvalue weighted by Gasteiger charge is -2.16. The fourth-order valence-corrected chi connectivity index (χ4v) is 3.98. The second kappa shape index (κ2) is 11.1. The third-order valence-corrected chi connectivity index (χ3v) is 5.93. The average Bonchev–Trinajstić information content (AvgIpc) is 2.89. The highest BCUT2D eigenvalue weighted by Crippen LogP contribution is 2.32. The zero-order chi connectivity index (χ0) is 27.4. The highest BCUT2D eigenvalue weighted by atomic mass is 35.5. The molecular formula is C25H20ClF3N4O5. The predicted molar refractivity (Wildman–Crippen MR) is 131 cm³/mol. The molecule has 1 aromatic carbocycles. The van der Waals surface area contributed by atoms with E-state index in [4.69, 9.17) is 16.3 Å². The van der Waals surface area contributed by atoms with Gasteiger partial charge in [0.05, 0.1) is 24.4 Å². The highest BCUT2D eigenvalue weighted by molar-refractivity contribution is 6.30. The van der Waals surface area contributed by atoms with Crippen LogP contribution in [-0.4, -0.2) is 32.2 Å². The minimum Gasteiger partial charge on any atom is -0.468 e. The summed E-state index contributed by atoms with van der Waals surface area (Å²) in [5.41, 5.74) is -1.13. The van der Waals surface area contributed by atoms with Gasteiger partial charge in [-0.05, 0) is 36.2 Å². The Morgan fingerprint density at radius 3 is 2.42 bits per heavy atom. The van der Waals surface area contributed by atoms with Crippen LogP contribution in [0.5, 0.6) is 11.5 Å². The molecular weight excluding hydrogens is 529 g/mol. The van der Waals surface area contributed by atoms with Crippen LogP contribution in [0, 0.1) is 0 Å². The van der Waals surface area contributed by atoms with Gasteiger partial charge in [0.25, 0.3) is 12.0 Å². The summed E-state index contributed by atoms with van der Waals surface area (Å²) in [5.74, 6) is 0.0910. The van der Waals surface area contributed by atoms with Crippen molar-refractivity contribution >= 4 is 29.1 Å². The molecule has 0 aliphatic carbocycles. The van der Waals surface area contributed by atoms with Crippen molar-refractivity contribution in [1.82, 2.24) is 19.1 Å². The normalized spacial score (nSPS) is 11.5. The Balaban J connectivity index is 1.86. The molecule has 4 rings (SSSR count). The Morgan fingerprint density at radius 2 is 1.79 bits per heavy atom. The molecule has 0 bridgehead atoms. The number of carbonyl (C=O) groups excluding carboxylic acids is 1. The number of alkyl halides is 3. The third kappa shape index (κ3) is 5.70. The van der Waals surface area contributed by atoms with Gasteiger partial charge < -0.3 is 9.47 Å². The number of fused-ring (bicyclic) bond motifs is 1. The average molecular weight is 549 g/mol. The number of hydrogen-bond acceptors (Lipinski definition) is 7. The minimum absolute atomic E-state index is 0.00679. The summed E-state index contributed by atoms with van der Waals surface area (Å²) in [7, 11) is 1.46. The lowest BCUT2D eigenvalue weighted by atomic mass is 10.0. The van der Waals surface area contributed by atoms with Crippen LogP contribution in [0.1, 0.15) is 23.2 Å². The van der Waals surface area contributed by atoms with Gasteiger partial charge in [0.1, 0.15) is 22.8 Å². The first kappa shape index (κ1) is 26.9. The van der Waals surface area contributed by atoms with Crippen molar-refractivity contribution in [3.63, 3.8) is 0 Å². The van der Waals surface area contributed by atoms with Crippen LogP contribution < -0.4 is 16.0 Å². The van der Waals surface area contributed by atoms with Crippen LogP contribution in [0.15, 0.2) is 58.4 Å². The Morgan fingerprint density at radius 1 is 1.05 bits per heavy atom. The van der Waals surface area contributed by atoms with E-state index in [0.717, 1.165) is 28.5 Å². The number of ether oxygens (including phenoxy) is 2. The Labute approximate surface area is 218 Å². The van der Waals surface area contributed by atoms with Gasteiger partial charge in [0.2, 0.25) is 0 Å². The van der Waals surface area contributed by atoms with Gasteiger partial charge >= 0.3 is 11.9 Å². The van der Waals surface area contributed by atoms with E-state index < -0.39 is 23.1 Å². The summed E-state index contributed by atoms with van der Waals surface area (Å²) in [4.78, 5) is 44.6. The molecule has 0 atom stereocenters. The number of aromatic nitrogens is 4. The van der Waals surface area contributed by atoms with E-state index in [0.29, 0.717) is 10.6 Å². The minimum atomic E-state index is -4.62. The van der Waals surface area contributed by atoms with Gasteiger partial charge in [-0.25, -0.2) is 14.8 Å². The molecule has 0 N–H and O–H groups in total. The zero-order valence-electron chi connectivity index (χ0n) is 19.9. The molecule has 9 nitrogen and oxygen atoms in total. The Kier molecular flexibility index (Phi) is 7.81. The SMILES string of the molecule is Cn1c(=O)n(CCCOC=O)c(=O)c2c(Cc3ccc(Cl)cc3)c(Oc3ccc(C(F)(F)F)nc3)cnc21. The third-order valence-electron chi connectivity index (χ3n) is 5.68. The van der Waals surface area contributed by atoms with Crippen LogP contribution in [-0.2, 0) is 35.7 Å². The Hall–Kier alpha value is -4.19. The molecule has 0 saturated carbocycles. The number of pyridine rings is 2. The highest BCUT2D eigenvalue weighted by Gasteiger charge is 2.32. The fraction of sp³-hybridized carbons (Fsp3) is 0.240. The summed E-state index contributed by atoms with van der Waals surface area (Å²) in [6.07, 6.45) is -2.03. The molecule has 13 heteroatoms. The maximum absolute atomic E-state index is 13.6. The molecule has 38 heavy (non-hydrogen) atoms. The molecule has 3 aromatic heterocycles. The quantitative estimate of drug-likeness (QED) is 0.229.